The molecular formula is C18H22N4O4. The molecule has 0 atom stereocenters. The maximum absolute atomic E-state index is 12.4. The van der Waals surface area contributed by atoms with Crippen LogP contribution in [0.15, 0.2) is 24.3 Å². The molecule has 2 N–H and O–H groups in total. The first-order chi connectivity index (χ1) is 12.2. The molecule has 2 aromatic rings. The zero-order valence-corrected chi connectivity index (χ0v) is 15.2. The molecule has 1 aromatic heterocycles. The lowest BCUT2D eigenvalue weighted by Crippen LogP contribution is -2.27. The molecule has 0 saturated heterocycles. The number of benzene rings is 1. The Morgan fingerprint density at radius 2 is 1.85 bits per heavy atom. The van der Waals surface area contributed by atoms with Gasteiger partial charge in [0.25, 0.3) is 0 Å². The number of nitrogens with zero attached hydrogens (tertiary/aromatic N) is 3. The van der Waals surface area contributed by atoms with Crippen LogP contribution in [0.2, 0.25) is 0 Å². The van der Waals surface area contributed by atoms with Gasteiger partial charge in [0.1, 0.15) is 6.54 Å². The smallest absolute Gasteiger partial charge is 0.335 e. The van der Waals surface area contributed by atoms with Crippen LogP contribution < -0.4 is 5.32 Å². The van der Waals surface area contributed by atoms with Gasteiger partial charge < -0.3 is 15.3 Å². The van der Waals surface area contributed by atoms with Gasteiger partial charge in [0.05, 0.1) is 29.1 Å². The van der Waals surface area contributed by atoms with E-state index in [1.165, 1.54) is 11.0 Å². The lowest BCUT2D eigenvalue weighted by Gasteiger charge is -2.11. The van der Waals surface area contributed by atoms with Crippen molar-refractivity contribution >= 4 is 23.5 Å². The number of hydrogen-bond donors (Lipinski definition) is 2. The van der Waals surface area contributed by atoms with Gasteiger partial charge in [-0.1, -0.05) is 18.2 Å². The highest BCUT2D eigenvalue weighted by Crippen LogP contribution is 2.20. The lowest BCUT2D eigenvalue weighted by molar-refractivity contribution is -0.129. The number of amides is 2. The third-order valence-electron chi connectivity index (χ3n) is 4.03. The zero-order chi connectivity index (χ0) is 19.4. The molecule has 0 aliphatic carbocycles. The van der Waals surface area contributed by atoms with Crippen LogP contribution in [0.25, 0.3) is 0 Å². The molecule has 2 amide bonds. The summed E-state index contributed by atoms with van der Waals surface area (Å²) in [7, 11) is 3.33. The molecule has 1 aromatic carbocycles. The summed E-state index contributed by atoms with van der Waals surface area (Å²) in [5, 5.41) is 16.3. The summed E-state index contributed by atoms with van der Waals surface area (Å²) in [6, 6.07) is 6.38. The fourth-order valence-corrected chi connectivity index (χ4v) is 2.54. The second-order valence-electron chi connectivity index (χ2n) is 6.18. The quantitative estimate of drug-likeness (QED) is 0.814. The average Bonchev–Trinajstić information content (AvgIpc) is 2.82. The van der Waals surface area contributed by atoms with Crippen molar-refractivity contribution in [2.75, 3.05) is 19.4 Å². The molecule has 2 rings (SSSR count). The number of carboxylic acid groups (broad SMARTS) is 1. The maximum atomic E-state index is 12.4. The Morgan fingerprint density at radius 1 is 1.19 bits per heavy atom. The van der Waals surface area contributed by atoms with Crippen LogP contribution in [0.4, 0.5) is 5.69 Å². The normalized spacial score (nSPS) is 10.5. The van der Waals surface area contributed by atoms with E-state index in [1.54, 1.807) is 50.8 Å². The number of carboxylic acids is 1. The van der Waals surface area contributed by atoms with Gasteiger partial charge in [0.15, 0.2) is 0 Å². The summed E-state index contributed by atoms with van der Waals surface area (Å²) in [6.45, 7) is 3.59. The summed E-state index contributed by atoms with van der Waals surface area (Å²) < 4.78 is 1.54. The van der Waals surface area contributed by atoms with Crippen LogP contribution in [-0.2, 0) is 22.6 Å². The van der Waals surface area contributed by atoms with Gasteiger partial charge in [-0.15, -0.1) is 0 Å². The Balaban J connectivity index is 2.16. The van der Waals surface area contributed by atoms with Gasteiger partial charge in [0.2, 0.25) is 11.8 Å². The molecular weight excluding hydrogens is 336 g/mol. The molecule has 138 valence electrons. The van der Waals surface area contributed by atoms with Crippen molar-refractivity contribution in [1.29, 1.82) is 0 Å². The molecule has 1 heterocycles. The minimum atomic E-state index is -1.07. The Bertz CT molecular complexity index is 855. The van der Waals surface area contributed by atoms with Crippen molar-refractivity contribution < 1.29 is 19.5 Å². The lowest BCUT2D eigenvalue weighted by atomic mass is 10.0. The molecule has 0 saturated carbocycles. The van der Waals surface area contributed by atoms with E-state index in [-0.39, 0.29) is 30.3 Å². The second-order valence-corrected chi connectivity index (χ2v) is 6.18. The van der Waals surface area contributed by atoms with Crippen LogP contribution in [0.1, 0.15) is 27.3 Å². The molecule has 0 bridgehead atoms. The van der Waals surface area contributed by atoms with E-state index in [4.69, 9.17) is 0 Å². The summed E-state index contributed by atoms with van der Waals surface area (Å²) >= 11 is 0. The predicted molar refractivity (Wildman–Crippen MR) is 96.1 cm³/mol. The van der Waals surface area contributed by atoms with Gasteiger partial charge in [-0.05, 0) is 25.5 Å². The van der Waals surface area contributed by atoms with Crippen LogP contribution in [0.5, 0.6) is 0 Å². The Labute approximate surface area is 151 Å². The molecule has 0 aliphatic rings. The number of rotatable bonds is 6. The second kappa shape index (κ2) is 7.81. The van der Waals surface area contributed by atoms with Gasteiger partial charge in [-0.3, -0.25) is 14.3 Å². The Hall–Kier alpha value is -3.16. The highest BCUT2D eigenvalue weighted by atomic mass is 16.4. The monoisotopic (exact) mass is 358 g/mol. The van der Waals surface area contributed by atoms with Crippen molar-refractivity contribution in [3.8, 4) is 0 Å². The maximum Gasteiger partial charge on any atom is 0.335 e. The Kier molecular flexibility index (Phi) is 5.76. The van der Waals surface area contributed by atoms with E-state index in [9.17, 15) is 19.5 Å². The SMILES string of the molecule is Cc1nn(CC(=O)N(C)C)c(C)c1NC(=O)Cc1ccccc1C(=O)O. The zero-order valence-electron chi connectivity index (χ0n) is 15.2. The minimum Gasteiger partial charge on any atom is -0.478 e. The van der Waals surface area contributed by atoms with Gasteiger partial charge in [0, 0.05) is 14.1 Å². The minimum absolute atomic E-state index is 0.0663. The summed E-state index contributed by atoms with van der Waals surface area (Å²) in [4.78, 5) is 37.0. The molecule has 8 nitrogen and oxygen atoms in total. The molecule has 0 aliphatic heterocycles. The number of carbonyl (C=O) groups excluding carboxylic acids is 2. The number of aryl methyl sites for hydroxylation is 1. The van der Waals surface area contributed by atoms with E-state index in [1.807, 2.05) is 0 Å². The van der Waals surface area contributed by atoms with E-state index >= 15 is 0 Å². The number of aromatic nitrogens is 2. The molecule has 8 heteroatoms. The van der Waals surface area contributed by atoms with Gasteiger partial charge in [-0.25, -0.2) is 4.79 Å². The van der Waals surface area contributed by atoms with E-state index < -0.39 is 5.97 Å². The summed E-state index contributed by atoms with van der Waals surface area (Å²) in [5.41, 5.74) is 2.33. The molecule has 0 fully saturated rings. The number of carbonyl (C=O) groups is 3. The first-order valence-electron chi connectivity index (χ1n) is 8.06. The first kappa shape index (κ1) is 19.2. The van der Waals surface area contributed by atoms with E-state index in [0.717, 1.165) is 0 Å². The predicted octanol–water partition coefficient (Wildman–Crippen LogP) is 1.47. The summed E-state index contributed by atoms with van der Waals surface area (Å²) in [5.74, 6) is -1.52. The third-order valence-corrected chi connectivity index (χ3v) is 4.03. The van der Waals surface area contributed by atoms with Crippen LogP contribution in [0.3, 0.4) is 0 Å². The molecule has 0 radical (unpaired) electrons. The standard InChI is InChI=1S/C18H22N4O4/c1-11-17(12(2)22(20-11)10-16(24)21(3)4)19-15(23)9-13-7-5-6-8-14(13)18(25)26/h5-8H,9-10H2,1-4H3,(H,19,23)(H,25,26). The number of anilines is 1. The number of likely N-dealkylation sites (N-methyl/N-ethyl adjacent to an activating group) is 1. The van der Waals surface area contributed by atoms with E-state index in [0.29, 0.717) is 22.6 Å². The fourth-order valence-electron chi connectivity index (χ4n) is 2.54. The number of nitrogens with one attached hydrogen (secondary N) is 1. The largest absolute Gasteiger partial charge is 0.478 e. The average molecular weight is 358 g/mol. The van der Waals surface area contributed by atoms with Gasteiger partial charge >= 0.3 is 5.97 Å². The van der Waals surface area contributed by atoms with Crippen molar-refractivity contribution in [1.82, 2.24) is 14.7 Å². The van der Waals surface area contributed by atoms with Crippen LogP contribution in [0, 0.1) is 13.8 Å². The summed E-state index contributed by atoms with van der Waals surface area (Å²) in [6.07, 6.45) is -0.0663. The fraction of sp³-hybridized carbons (Fsp3) is 0.333. The van der Waals surface area contributed by atoms with Crippen molar-refractivity contribution in [3.05, 3.63) is 46.8 Å². The third kappa shape index (κ3) is 4.27. The number of hydrogen-bond acceptors (Lipinski definition) is 4. The van der Waals surface area contributed by atoms with Crippen molar-refractivity contribution in [2.45, 2.75) is 26.8 Å². The number of aromatic carboxylic acids is 1. The topological polar surface area (TPSA) is 105 Å². The first-order valence-corrected chi connectivity index (χ1v) is 8.06. The van der Waals surface area contributed by atoms with Gasteiger partial charge in [-0.2, -0.15) is 5.10 Å². The highest BCUT2D eigenvalue weighted by molar-refractivity contribution is 5.96. The van der Waals surface area contributed by atoms with Crippen molar-refractivity contribution in [3.63, 3.8) is 0 Å². The molecule has 26 heavy (non-hydrogen) atoms. The van der Waals surface area contributed by atoms with Crippen LogP contribution in [-0.4, -0.2) is 51.7 Å². The molecule has 0 spiro atoms. The van der Waals surface area contributed by atoms with Crippen LogP contribution >= 0.6 is 0 Å². The Morgan fingerprint density at radius 3 is 2.46 bits per heavy atom. The highest BCUT2D eigenvalue weighted by Gasteiger charge is 2.18. The molecule has 0 unspecified atom stereocenters. The van der Waals surface area contributed by atoms with Crippen molar-refractivity contribution in [2.24, 2.45) is 0 Å². The van der Waals surface area contributed by atoms with E-state index in [2.05, 4.69) is 10.4 Å².